The van der Waals surface area contributed by atoms with Gasteiger partial charge in [0.15, 0.2) is 5.89 Å². The van der Waals surface area contributed by atoms with Gasteiger partial charge in [0.25, 0.3) is 0 Å². The summed E-state index contributed by atoms with van der Waals surface area (Å²) in [5, 5.41) is 3.46. The molecule has 2 rings (SSSR count). The average molecular weight is 354 g/mol. The third kappa shape index (κ3) is 4.84. The van der Waals surface area contributed by atoms with Crippen LogP contribution in [-0.2, 0) is 6.18 Å². The molecule has 0 aliphatic rings. The van der Waals surface area contributed by atoms with Crippen LogP contribution in [0.2, 0.25) is 0 Å². The maximum Gasteiger partial charge on any atom is 0.416 e. The zero-order valence-electron chi connectivity index (χ0n) is 15.2. The van der Waals surface area contributed by atoms with E-state index in [1.807, 2.05) is 34.6 Å². The molecule has 0 spiro atoms. The van der Waals surface area contributed by atoms with E-state index in [0.29, 0.717) is 5.89 Å². The van der Waals surface area contributed by atoms with Gasteiger partial charge in [-0.3, -0.25) is 0 Å². The number of nitrogens with zero attached hydrogens (tertiary/aromatic N) is 1. The van der Waals surface area contributed by atoms with Crippen LogP contribution in [0.1, 0.15) is 75.3 Å². The molecule has 138 valence electrons. The summed E-state index contributed by atoms with van der Waals surface area (Å²) in [6.07, 6.45) is -2.68. The Bertz CT molecular complexity index is 675. The molecule has 0 saturated carbocycles. The number of aromatic nitrogens is 1. The van der Waals surface area contributed by atoms with Crippen LogP contribution in [0.3, 0.4) is 0 Å². The Morgan fingerprint density at radius 1 is 1.00 bits per heavy atom. The second kappa shape index (κ2) is 7.60. The van der Waals surface area contributed by atoms with Crippen LogP contribution in [0.25, 0.3) is 0 Å². The molecular formula is C19H25F3N2O. The van der Waals surface area contributed by atoms with E-state index in [9.17, 15) is 13.2 Å². The Labute approximate surface area is 146 Å². The van der Waals surface area contributed by atoms with Gasteiger partial charge in [-0.1, -0.05) is 39.8 Å². The highest BCUT2D eigenvalue weighted by atomic mass is 19.4. The smallest absolute Gasteiger partial charge is 0.416 e. The number of oxazole rings is 1. The van der Waals surface area contributed by atoms with E-state index < -0.39 is 11.7 Å². The van der Waals surface area contributed by atoms with Crippen LogP contribution in [0, 0.1) is 5.92 Å². The lowest BCUT2D eigenvalue weighted by Crippen LogP contribution is -2.28. The van der Waals surface area contributed by atoms with E-state index in [2.05, 4.69) is 10.3 Å². The Morgan fingerprint density at radius 3 is 2.04 bits per heavy atom. The summed E-state index contributed by atoms with van der Waals surface area (Å²) in [5.74, 6) is 1.09. The zero-order chi connectivity index (χ0) is 18.8. The zero-order valence-corrected chi connectivity index (χ0v) is 15.2. The highest BCUT2D eigenvalue weighted by molar-refractivity contribution is 5.27. The summed E-state index contributed by atoms with van der Waals surface area (Å²) in [6.45, 7) is 10.1. The molecule has 0 unspecified atom stereocenters. The molecule has 0 fully saturated rings. The second-order valence-electron chi connectivity index (χ2n) is 7.00. The topological polar surface area (TPSA) is 38.1 Å². The van der Waals surface area contributed by atoms with E-state index >= 15 is 0 Å². The van der Waals surface area contributed by atoms with Crippen molar-refractivity contribution in [2.24, 2.45) is 5.92 Å². The third-order valence-corrected chi connectivity index (χ3v) is 4.17. The highest BCUT2D eigenvalue weighted by Gasteiger charge is 2.30. The number of benzene rings is 1. The Hall–Kier alpha value is -1.82. The van der Waals surface area contributed by atoms with Gasteiger partial charge in [0.05, 0.1) is 17.3 Å². The van der Waals surface area contributed by atoms with Crippen molar-refractivity contribution < 1.29 is 17.6 Å². The van der Waals surface area contributed by atoms with Crippen LogP contribution in [0.5, 0.6) is 0 Å². The largest absolute Gasteiger partial charge is 0.448 e. The molecule has 0 bridgehead atoms. The number of halogens is 3. The number of rotatable bonds is 6. The molecule has 1 N–H and O–H groups in total. The van der Waals surface area contributed by atoms with Gasteiger partial charge in [-0.25, -0.2) is 4.98 Å². The van der Waals surface area contributed by atoms with E-state index in [0.717, 1.165) is 23.4 Å². The number of alkyl halides is 3. The van der Waals surface area contributed by atoms with Crippen molar-refractivity contribution in [2.75, 3.05) is 0 Å². The third-order valence-electron chi connectivity index (χ3n) is 4.17. The van der Waals surface area contributed by atoms with Crippen molar-refractivity contribution in [3.05, 3.63) is 53.2 Å². The lowest BCUT2D eigenvalue weighted by atomic mass is 9.94. The summed E-state index contributed by atoms with van der Waals surface area (Å²) >= 11 is 0. The number of hydrogen-bond acceptors (Lipinski definition) is 3. The second-order valence-corrected chi connectivity index (χ2v) is 7.00. The molecule has 0 saturated heterocycles. The van der Waals surface area contributed by atoms with E-state index in [1.54, 1.807) is 6.26 Å². The molecule has 0 aliphatic carbocycles. The Morgan fingerprint density at radius 2 is 1.60 bits per heavy atom. The Kier molecular flexibility index (Phi) is 5.93. The minimum Gasteiger partial charge on any atom is -0.448 e. The first-order chi connectivity index (χ1) is 11.6. The normalized spacial score (nSPS) is 15.0. The van der Waals surface area contributed by atoms with Gasteiger partial charge in [0.2, 0.25) is 0 Å². The first-order valence-electron chi connectivity index (χ1n) is 8.48. The van der Waals surface area contributed by atoms with Crippen LogP contribution >= 0.6 is 0 Å². The minimum atomic E-state index is -4.32. The van der Waals surface area contributed by atoms with Gasteiger partial charge in [0.1, 0.15) is 6.26 Å². The molecule has 3 nitrogen and oxygen atoms in total. The molecule has 0 amide bonds. The average Bonchev–Trinajstić information content (AvgIpc) is 3.01. The lowest BCUT2D eigenvalue weighted by Gasteiger charge is -2.26. The molecule has 1 heterocycles. The fourth-order valence-corrected chi connectivity index (χ4v) is 2.67. The summed E-state index contributed by atoms with van der Waals surface area (Å²) in [4.78, 5) is 4.48. The molecule has 0 aliphatic heterocycles. The quantitative estimate of drug-likeness (QED) is 0.705. The van der Waals surface area contributed by atoms with Crippen molar-refractivity contribution in [2.45, 2.75) is 58.8 Å². The van der Waals surface area contributed by atoms with Gasteiger partial charge in [-0.05, 0) is 30.5 Å². The van der Waals surface area contributed by atoms with E-state index in [4.69, 9.17) is 4.42 Å². The minimum absolute atomic E-state index is 0.0778. The molecule has 0 radical (unpaired) electrons. The molecule has 2 atom stereocenters. The van der Waals surface area contributed by atoms with Crippen molar-refractivity contribution in [1.29, 1.82) is 0 Å². The predicted octanol–water partition coefficient (Wildman–Crippen LogP) is 5.86. The molecule has 2 aromatic rings. The highest BCUT2D eigenvalue weighted by Crippen LogP contribution is 2.32. The molecule has 1 aromatic heterocycles. The molecule has 6 heteroatoms. The Balaban J connectivity index is 2.17. The van der Waals surface area contributed by atoms with Gasteiger partial charge in [0, 0.05) is 12.0 Å². The van der Waals surface area contributed by atoms with Crippen molar-refractivity contribution >= 4 is 0 Å². The monoisotopic (exact) mass is 354 g/mol. The number of nitrogens with one attached hydrogen (secondary N) is 1. The van der Waals surface area contributed by atoms with Crippen molar-refractivity contribution in [3.63, 3.8) is 0 Å². The lowest BCUT2D eigenvalue weighted by molar-refractivity contribution is -0.137. The fraction of sp³-hybridized carbons (Fsp3) is 0.526. The first kappa shape index (κ1) is 19.5. The summed E-state index contributed by atoms with van der Waals surface area (Å²) in [6, 6.07) is 5.17. The number of hydrogen-bond donors (Lipinski definition) is 1. The summed E-state index contributed by atoms with van der Waals surface area (Å²) < 4.78 is 43.7. The maximum absolute atomic E-state index is 12.7. The van der Waals surface area contributed by atoms with Gasteiger partial charge in [-0.15, -0.1) is 0 Å². The van der Waals surface area contributed by atoms with Crippen molar-refractivity contribution in [3.8, 4) is 0 Å². The van der Waals surface area contributed by atoms with Gasteiger partial charge >= 0.3 is 6.18 Å². The molecule has 25 heavy (non-hydrogen) atoms. The summed E-state index contributed by atoms with van der Waals surface area (Å²) in [5.41, 5.74) is 0.980. The van der Waals surface area contributed by atoms with Gasteiger partial charge in [-0.2, -0.15) is 13.2 Å². The SMILES string of the molecule is CC(C)c1nc([C@@H](C)N[C@@H](c2ccc(C(F)(F)F)cc2)C(C)C)co1. The van der Waals surface area contributed by atoms with Crippen LogP contribution in [0.15, 0.2) is 34.9 Å². The van der Waals surface area contributed by atoms with Gasteiger partial charge < -0.3 is 9.73 Å². The fourth-order valence-electron chi connectivity index (χ4n) is 2.67. The molecular weight excluding hydrogens is 329 g/mol. The van der Waals surface area contributed by atoms with Crippen LogP contribution in [-0.4, -0.2) is 4.98 Å². The molecule has 1 aromatic carbocycles. The predicted molar refractivity (Wildman–Crippen MR) is 91.2 cm³/mol. The van der Waals surface area contributed by atoms with Crippen LogP contribution < -0.4 is 5.32 Å². The van der Waals surface area contributed by atoms with E-state index in [1.165, 1.54) is 12.1 Å². The standard InChI is InChI=1S/C19H25F3N2O/c1-11(2)17(14-6-8-15(9-7-14)19(20,21)22)23-13(5)16-10-25-18(24-16)12(3)4/h6-13,17,23H,1-5H3/t13-,17-/m1/s1. The first-order valence-corrected chi connectivity index (χ1v) is 8.48. The summed E-state index contributed by atoms with van der Waals surface area (Å²) in [7, 11) is 0. The maximum atomic E-state index is 12.7. The van der Waals surface area contributed by atoms with E-state index in [-0.39, 0.29) is 23.9 Å². The van der Waals surface area contributed by atoms with Crippen LogP contribution in [0.4, 0.5) is 13.2 Å². The van der Waals surface area contributed by atoms with Crippen molar-refractivity contribution in [1.82, 2.24) is 10.3 Å².